The maximum Gasteiger partial charge on any atom is 0.120 e. The molecule has 22 heavy (non-hydrogen) atoms. The Bertz CT molecular complexity index is 574. The number of ether oxygens (including phenoxy) is 1. The predicted molar refractivity (Wildman–Crippen MR) is 90.4 cm³/mol. The van der Waals surface area contributed by atoms with Gasteiger partial charge in [0, 0.05) is 37.2 Å². The first-order valence-electron chi connectivity index (χ1n) is 7.16. The molecule has 5 N–H and O–H groups in total. The van der Waals surface area contributed by atoms with Gasteiger partial charge in [-0.2, -0.15) is 0 Å². The van der Waals surface area contributed by atoms with E-state index in [0.717, 1.165) is 24.2 Å². The van der Waals surface area contributed by atoms with Crippen molar-refractivity contribution in [2.24, 2.45) is 0 Å². The van der Waals surface area contributed by atoms with Crippen LogP contribution in [0.15, 0.2) is 42.5 Å². The third-order valence-electron chi connectivity index (χ3n) is 2.97. The zero-order valence-electron chi connectivity index (χ0n) is 13.0. The lowest BCUT2D eigenvalue weighted by Crippen LogP contribution is -2.07. The van der Waals surface area contributed by atoms with Crippen molar-refractivity contribution < 1.29 is 14.9 Å². The summed E-state index contributed by atoms with van der Waals surface area (Å²) >= 11 is 0. The maximum atomic E-state index is 9.21. The minimum absolute atomic E-state index is 0.275. The summed E-state index contributed by atoms with van der Waals surface area (Å²) in [5.74, 6) is 0.569. The lowest BCUT2D eigenvalue weighted by molar-refractivity contribution is 0.211. The van der Waals surface area contributed by atoms with Crippen LogP contribution in [0.2, 0.25) is 0 Å². The van der Waals surface area contributed by atoms with Crippen molar-refractivity contribution in [3.8, 4) is 11.5 Å². The Hall–Kier alpha value is -2.40. The van der Waals surface area contributed by atoms with Gasteiger partial charge in [0.25, 0.3) is 0 Å². The van der Waals surface area contributed by atoms with Crippen molar-refractivity contribution in [2.75, 3.05) is 31.3 Å². The number of nitrogens with one attached hydrogen (secondary N) is 1. The van der Waals surface area contributed by atoms with Crippen molar-refractivity contribution in [3.63, 3.8) is 0 Å². The lowest BCUT2D eigenvalue weighted by Gasteiger charge is -2.04. The topological polar surface area (TPSA) is 87.7 Å². The first-order valence-corrected chi connectivity index (χ1v) is 7.16. The molecule has 5 nitrogen and oxygen atoms in total. The summed E-state index contributed by atoms with van der Waals surface area (Å²) in [6, 6.07) is 12.2. The Morgan fingerprint density at radius 2 is 1.91 bits per heavy atom. The van der Waals surface area contributed by atoms with Crippen molar-refractivity contribution in [3.05, 3.63) is 48.0 Å². The molecule has 0 aliphatic rings. The average Bonchev–Trinajstić information content (AvgIpc) is 2.48. The molecule has 2 aromatic rings. The van der Waals surface area contributed by atoms with E-state index >= 15 is 0 Å². The van der Waals surface area contributed by atoms with E-state index in [9.17, 15) is 5.11 Å². The fourth-order valence-electron chi connectivity index (χ4n) is 1.79. The molecule has 120 valence electrons. The zero-order chi connectivity index (χ0) is 16.4. The third-order valence-corrected chi connectivity index (χ3v) is 2.97. The van der Waals surface area contributed by atoms with Crippen LogP contribution in [0, 0.1) is 0 Å². The molecule has 0 atom stereocenters. The van der Waals surface area contributed by atoms with Crippen LogP contribution in [-0.2, 0) is 11.2 Å². The molecule has 2 aromatic carbocycles. The number of aromatic hydroxyl groups is 2. The fraction of sp³-hybridized carbons (Fsp3) is 0.294. The Labute approximate surface area is 131 Å². The number of hydrogen-bond donors (Lipinski definition) is 4. The molecule has 0 aliphatic heterocycles. The smallest absolute Gasteiger partial charge is 0.120 e. The molecule has 0 amide bonds. The van der Waals surface area contributed by atoms with Gasteiger partial charge < -0.3 is 26.0 Å². The van der Waals surface area contributed by atoms with Gasteiger partial charge in [0.1, 0.15) is 11.5 Å². The van der Waals surface area contributed by atoms with Gasteiger partial charge in [-0.1, -0.05) is 19.1 Å². The standard InChI is InChI=1S/C9H13NO2.C8H11NO/c1-12-6-5-10-8-3-2-4-9(11)7-8;1-2-6-3-4-7(9)5-8(6)10/h2-4,7,10-11H,5-6H2,1H3;3-5,10H,2,9H2,1H3. The minimum Gasteiger partial charge on any atom is -0.508 e. The highest BCUT2D eigenvalue weighted by atomic mass is 16.5. The molecule has 0 radical (unpaired) electrons. The van der Waals surface area contributed by atoms with E-state index in [2.05, 4.69) is 5.32 Å². The van der Waals surface area contributed by atoms with Gasteiger partial charge in [-0.15, -0.1) is 0 Å². The molecular formula is C17H24N2O3. The summed E-state index contributed by atoms with van der Waals surface area (Å²) in [5, 5.41) is 21.4. The number of phenolic OH excluding ortho intramolecular Hbond substituents is 2. The number of rotatable bonds is 5. The van der Waals surface area contributed by atoms with Crippen LogP contribution in [0.5, 0.6) is 11.5 Å². The zero-order valence-corrected chi connectivity index (χ0v) is 13.0. The van der Waals surface area contributed by atoms with Crippen molar-refractivity contribution in [1.82, 2.24) is 0 Å². The maximum absolute atomic E-state index is 9.21. The normalized spacial score (nSPS) is 9.73. The number of hydrogen-bond acceptors (Lipinski definition) is 5. The molecule has 0 unspecified atom stereocenters. The Morgan fingerprint density at radius 1 is 1.14 bits per heavy atom. The first kappa shape index (κ1) is 17.7. The van der Waals surface area contributed by atoms with E-state index < -0.39 is 0 Å². The molecule has 0 bridgehead atoms. The highest BCUT2D eigenvalue weighted by Gasteiger charge is 1.96. The molecule has 0 saturated heterocycles. The van der Waals surface area contributed by atoms with Crippen LogP contribution in [0.1, 0.15) is 12.5 Å². The third kappa shape index (κ3) is 6.37. The van der Waals surface area contributed by atoms with E-state index in [4.69, 9.17) is 15.6 Å². The van der Waals surface area contributed by atoms with Crippen LogP contribution >= 0.6 is 0 Å². The number of nitrogen functional groups attached to an aromatic ring is 1. The number of nitrogens with two attached hydrogens (primary N) is 1. The number of benzene rings is 2. The summed E-state index contributed by atoms with van der Waals surface area (Å²) in [6.07, 6.45) is 0.839. The Morgan fingerprint density at radius 3 is 2.50 bits per heavy atom. The van der Waals surface area contributed by atoms with Crippen molar-refractivity contribution in [2.45, 2.75) is 13.3 Å². The lowest BCUT2D eigenvalue weighted by atomic mass is 10.1. The minimum atomic E-state index is 0.275. The second-order valence-electron chi connectivity index (χ2n) is 4.71. The van der Waals surface area contributed by atoms with Gasteiger partial charge in [0.05, 0.1) is 6.61 Å². The van der Waals surface area contributed by atoms with E-state index in [1.54, 1.807) is 37.4 Å². The summed E-state index contributed by atoms with van der Waals surface area (Å²) in [7, 11) is 1.66. The molecule has 0 spiro atoms. The van der Waals surface area contributed by atoms with E-state index in [1.807, 2.05) is 19.1 Å². The molecule has 0 aromatic heterocycles. The quantitative estimate of drug-likeness (QED) is 0.504. The highest BCUT2D eigenvalue weighted by Crippen LogP contribution is 2.19. The second-order valence-corrected chi connectivity index (χ2v) is 4.71. The average molecular weight is 304 g/mol. The van der Waals surface area contributed by atoms with Crippen LogP contribution in [0.3, 0.4) is 0 Å². The molecular weight excluding hydrogens is 280 g/mol. The Kier molecular flexibility index (Phi) is 7.64. The van der Waals surface area contributed by atoms with Gasteiger partial charge in [0.15, 0.2) is 0 Å². The first-order chi connectivity index (χ1) is 10.6. The molecule has 2 rings (SSSR count). The van der Waals surface area contributed by atoms with Gasteiger partial charge in [-0.3, -0.25) is 0 Å². The number of anilines is 2. The van der Waals surface area contributed by atoms with Gasteiger partial charge in [0.2, 0.25) is 0 Å². The van der Waals surface area contributed by atoms with Gasteiger partial charge in [-0.25, -0.2) is 0 Å². The van der Waals surface area contributed by atoms with E-state index in [0.29, 0.717) is 18.0 Å². The summed E-state index contributed by atoms with van der Waals surface area (Å²) in [5.41, 5.74) is 7.88. The SMILES string of the molecule is CCc1ccc(N)cc1O.COCCNc1cccc(O)c1. The van der Waals surface area contributed by atoms with E-state index in [-0.39, 0.29) is 5.75 Å². The van der Waals surface area contributed by atoms with Crippen LogP contribution in [-0.4, -0.2) is 30.5 Å². The molecule has 0 heterocycles. The molecule has 0 saturated carbocycles. The largest absolute Gasteiger partial charge is 0.508 e. The van der Waals surface area contributed by atoms with Crippen LogP contribution < -0.4 is 11.1 Å². The number of aryl methyl sites for hydroxylation is 1. The second kappa shape index (κ2) is 9.52. The van der Waals surface area contributed by atoms with Crippen LogP contribution in [0.25, 0.3) is 0 Å². The molecule has 0 aliphatic carbocycles. The van der Waals surface area contributed by atoms with Crippen molar-refractivity contribution in [1.29, 1.82) is 0 Å². The van der Waals surface area contributed by atoms with Crippen molar-refractivity contribution >= 4 is 11.4 Å². The Balaban J connectivity index is 0.000000224. The van der Waals surface area contributed by atoms with Gasteiger partial charge >= 0.3 is 0 Å². The number of phenols is 2. The number of methoxy groups -OCH3 is 1. The summed E-state index contributed by atoms with van der Waals surface area (Å²) in [6.45, 7) is 3.40. The monoisotopic (exact) mass is 304 g/mol. The summed E-state index contributed by atoms with van der Waals surface area (Å²) in [4.78, 5) is 0. The molecule has 0 fully saturated rings. The highest BCUT2D eigenvalue weighted by molar-refractivity contribution is 5.48. The summed E-state index contributed by atoms with van der Waals surface area (Å²) < 4.78 is 4.87. The van der Waals surface area contributed by atoms with Crippen LogP contribution in [0.4, 0.5) is 11.4 Å². The van der Waals surface area contributed by atoms with Gasteiger partial charge in [-0.05, 0) is 30.2 Å². The predicted octanol–water partition coefficient (Wildman–Crippen LogP) is 2.99. The van der Waals surface area contributed by atoms with E-state index in [1.165, 1.54) is 0 Å². The molecule has 5 heteroatoms. The fourth-order valence-corrected chi connectivity index (χ4v) is 1.79.